The Morgan fingerprint density at radius 3 is 2.64 bits per heavy atom. The van der Waals surface area contributed by atoms with E-state index in [1.165, 1.54) is 13.2 Å². The molecule has 1 rings (SSSR count). The van der Waals surface area contributed by atoms with Crippen LogP contribution in [0.2, 0.25) is 5.02 Å². The number of esters is 2. The molecule has 0 aromatic heterocycles. The molecule has 22 heavy (non-hydrogen) atoms. The topological polar surface area (TPSA) is 88.8 Å². The summed E-state index contributed by atoms with van der Waals surface area (Å²) in [5.74, 6) is -2.44. The van der Waals surface area contributed by atoms with Crippen LogP contribution in [-0.2, 0) is 14.3 Å². The molecule has 116 valence electrons. The number of aliphatic imine (C=N–C) groups is 1. The number of methoxy groups -OCH3 is 1. The van der Waals surface area contributed by atoms with Crippen LogP contribution in [-0.4, -0.2) is 31.4 Å². The highest BCUT2D eigenvalue weighted by atomic mass is 35.5. The molecular formula is C15H15ClN2O4. The summed E-state index contributed by atoms with van der Waals surface area (Å²) >= 11 is 6.11. The van der Waals surface area contributed by atoms with Gasteiger partial charge in [0.1, 0.15) is 0 Å². The van der Waals surface area contributed by atoms with Gasteiger partial charge < -0.3 is 9.47 Å². The first-order valence-corrected chi connectivity index (χ1v) is 6.79. The number of ether oxygens (including phenoxy) is 2. The van der Waals surface area contributed by atoms with E-state index in [1.54, 1.807) is 32.0 Å². The Morgan fingerprint density at radius 2 is 2.09 bits per heavy atom. The lowest BCUT2D eigenvalue weighted by atomic mass is 10.2. The van der Waals surface area contributed by atoms with Crippen LogP contribution in [0.25, 0.3) is 0 Å². The third kappa shape index (κ3) is 4.57. The molecule has 1 aromatic carbocycles. The molecule has 1 aromatic rings. The van der Waals surface area contributed by atoms with Crippen molar-refractivity contribution in [1.29, 1.82) is 5.26 Å². The van der Waals surface area contributed by atoms with Gasteiger partial charge >= 0.3 is 11.9 Å². The second kappa shape index (κ2) is 8.15. The van der Waals surface area contributed by atoms with E-state index < -0.39 is 17.9 Å². The smallest absolute Gasteiger partial charge is 0.339 e. The first-order valence-electron chi connectivity index (χ1n) is 6.41. The fraction of sp³-hybridized carbons (Fsp3) is 0.333. The molecule has 0 aliphatic carbocycles. The van der Waals surface area contributed by atoms with E-state index in [-0.39, 0.29) is 22.4 Å². The van der Waals surface area contributed by atoms with Crippen molar-refractivity contribution in [2.45, 2.75) is 20.0 Å². The van der Waals surface area contributed by atoms with Gasteiger partial charge in [0.25, 0.3) is 0 Å². The maximum atomic E-state index is 11.9. The summed E-state index contributed by atoms with van der Waals surface area (Å²) < 4.78 is 9.54. The Morgan fingerprint density at radius 1 is 1.41 bits per heavy atom. The molecule has 0 fully saturated rings. The maximum absolute atomic E-state index is 11.9. The third-order valence-electron chi connectivity index (χ3n) is 2.50. The number of nitriles is 1. The van der Waals surface area contributed by atoms with Gasteiger partial charge in [-0.05, 0) is 26.0 Å². The highest BCUT2D eigenvalue weighted by molar-refractivity contribution is 6.36. The molecule has 0 N–H and O–H groups in total. The van der Waals surface area contributed by atoms with Crippen LogP contribution in [0, 0.1) is 17.2 Å². The molecule has 0 radical (unpaired) electrons. The predicted molar refractivity (Wildman–Crippen MR) is 81.3 cm³/mol. The van der Waals surface area contributed by atoms with E-state index in [2.05, 4.69) is 9.73 Å². The van der Waals surface area contributed by atoms with Gasteiger partial charge in [-0.15, -0.1) is 0 Å². The Kier molecular flexibility index (Phi) is 6.54. The summed E-state index contributed by atoms with van der Waals surface area (Å²) in [6, 6.07) is 6.39. The van der Waals surface area contributed by atoms with Crippen molar-refractivity contribution in [1.82, 2.24) is 0 Å². The molecule has 0 aliphatic heterocycles. The van der Waals surface area contributed by atoms with Crippen molar-refractivity contribution in [2.24, 2.45) is 10.9 Å². The molecule has 0 amide bonds. The normalized spacial score (nSPS) is 12.0. The molecule has 0 bridgehead atoms. The average Bonchev–Trinajstić information content (AvgIpc) is 2.48. The van der Waals surface area contributed by atoms with E-state index in [0.717, 1.165) is 6.21 Å². The summed E-state index contributed by atoms with van der Waals surface area (Å²) in [4.78, 5) is 27.2. The quantitative estimate of drug-likeness (QED) is 0.614. The monoisotopic (exact) mass is 322 g/mol. The van der Waals surface area contributed by atoms with Crippen LogP contribution in [0.15, 0.2) is 23.2 Å². The SMILES string of the molecule is COC(=O)C(C#N)C=Nc1cccc(C(=O)OC(C)C)c1Cl. The number of benzene rings is 1. The van der Waals surface area contributed by atoms with Crippen molar-refractivity contribution in [3.8, 4) is 6.07 Å². The summed E-state index contributed by atoms with van der Waals surface area (Å²) in [6.45, 7) is 3.45. The van der Waals surface area contributed by atoms with Crippen LogP contribution < -0.4 is 0 Å². The Bertz CT molecular complexity index is 635. The maximum Gasteiger partial charge on any atom is 0.339 e. The fourth-order valence-electron chi connectivity index (χ4n) is 1.48. The van der Waals surface area contributed by atoms with Gasteiger partial charge in [0, 0.05) is 6.21 Å². The number of rotatable bonds is 5. The molecule has 0 spiro atoms. The number of hydrogen-bond donors (Lipinski definition) is 0. The van der Waals surface area contributed by atoms with Crippen molar-refractivity contribution < 1.29 is 19.1 Å². The highest BCUT2D eigenvalue weighted by Gasteiger charge is 2.18. The van der Waals surface area contributed by atoms with Crippen molar-refractivity contribution in [2.75, 3.05) is 7.11 Å². The first-order chi connectivity index (χ1) is 10.4. The lowest BCUT2D eigenvalue weighted by molar-refractivity contribution is -0.141. The van der Waals surface area contributed by atoms with Gasteiger partial charge in [-0.2, -0.15) is 5.26 Å². The van der Waals surface area contributed by atoms with Crippen LogP contribution in [0.1, 0.15) is 24.2 Å². The summed E-state index contributed by atoms with van der Waals surface area (Å²) in [6.07, 6.45) is 0.836. The van der Waals surface area contributed by atoms with E-state index >= 15 is 0 Å². The number of carbonyl (C=O) groups is 2. The zero-order chi connectivity index (χ0) is 16.7. The molecule has 0 aliphatic rings. The van der Waals surface area contributed by atoms with Crippen molar-refractivity contribution >= 4 is 35.4 Å². The molecule has 6 nitrogen and oxygen atoms in total. The molecule has 1 atom stereocenters. The number of carbonyl (C=O) groups excluding carboxylic acids is 2. The standard InChI is InChI=1S/C15H15ClN2O4/c1-9(2)22-15(20)11-5-4-6-12(13(11)16)18-8-10(7-17)14(19)21-3/h4-6,8-10H,1-3H3. The van der Waals surface area contributed by atoms with E-state index in [1.807, 2.05) is 0 Å². The number of halogens is 1. The molecular weight excluding hydrogens is 308 g/mol. The lowest BCUT2D eigenvalue weighted by Gasteiger charge is -2.10. The minimum atomic E-state index is -1.15. The summed E-state index contributed by atoms with van der Waals surface area (Å²) in [5, 5.41) is 8.96. The highest BCUT2D eigenvalue weighted by Crippen LogP contribution is 2.29. The second-order valence-electron chi connectivity index (χ2n) is 4.50. The lowest BCUT2D eigenvalue weighted by Crippen LogP contribution is -2.15. The van der Waals surface area contributed by atoms with Crippen LogP contribution in [0.4, 0.5) is 5.69 Å². The van der Waals surface area contributed by atoms with Gasteiger partial charge in [0.15, 0.2) is 5.92 Å². The zero-order valence-electron chi connectivity index (χ0n) is 12.4. The fourth-order valence-corrected chi connectivity index (χ4v) is 1.74. The first kappa shape index (κ1) is 17.7. The molecule has 1 unspecified atom stereocenters. The van der Waals surface area contributed by atoms with Gasteiger partial charge in [0.2, 0.25) is 0 Å². The minimum absolute atomic E-state index is 0.0888. The number of nitrogens with zero attached hydrogens (tertiary/aromatic N) is 2. The van der Waals surface area contributed by atoms with Gasteiger partial charge in [-0.3, -0.25) is 9.79 Å². The zero-order valence-corrected chi connectivity index (χ0v) is 13.1. The van der Waals surface area contributed by atoms with Crippen LogP contribution in [0.5, 0.6) is 0 Å². The molecule has 7 heteroatoms. The van der Waals surface area contributed by atoms with Crippen LogP contribution >= 0.6 is 11.6 Å². The summed E-state index contributed by atoms with van der Waals surface area (Å²) in [5.41, 5.74) is 0.417. The predicted octanol–water partition coefficient (Wildman–Crippen LogP) is 2.92. The van der Waals surface area contributed by atoms with Crippen molar-refractivity contribution in [3.63, 3.8) is 0 Å². The van der Waals surface area contributed by atoms with Gasteiger partial charge in [-0.1, -0.05) is 17.7 Å². The molecule has 0 heterocycles. The van der Waals surface area contributed by atoms with Crippen LogP contribution in [0.3, 0.4) is 0 Å². The van der Waals surface area contributed by atoms with E-state index in [9.17, 15) is 9.59 Å². The minimum Gasteiger partial charge on any atom is -0.468 e. The Labute approximate surface area is 133 Å². The second-order valence-corrected chi connectivity index (χ2v) is 4.88. The molecule has 0 saturated heterocycles. The largest absolute Gasteiger partial charge is 0.468 e. The third-order valence-corrected chi connectivity index (χ3v) is 2.90. The molecule has 0 saturated carbocycles. The number of hydrogen-bond acceptors (Lipinski definition) is 6. The van der Waals surface area contributed by atoms with E-state index in [0.29, 0.717) is 0 Å². The van der Waals surface area contributed by atoms with Gasteiger partial charge in [-0.25, -0.2) is 4.79 Å². The van der Waals surface area contributed by atoms with E-state index in [4.69, 9.17) is 21.6 Å². The van der Waals surface area contributed by atoms with Crippen molar-refractivity contribution in [3.05, 3.63) is 28.8 Å². The Hall–Kier alpha value is -2.39. The summed E-state index contributed by atoms with van der Waals surface area (Å²) in [7, 11) is 1.18. The average molecular weight is 323 g/mol. The Balaban J connectivity index is 3.05. The van der Waals surface area contributed by atoms with Gasteiger partial charge in [0.05, 0.1) is 35.6 Å².